The molecule has 0 amide bonds. The summed E-state index contributed by atoms with van der Waals surface area (Å²) in [4.78, 5) is 0. The third kappa shape index (κ3) is 1.00. The highest BCUT2D eigenvalue weighted by atomic mass is 16.5. The number of hydrogen-bond acceptors (Lipinski definition) is 2. The molecule has 0 radical (unpaired) electrons. The summed E-state index contributed by atoms with van der Waals surface area (Å²) >= 11 is 0. The first kappa shape index (κ1) is 13.1. The summed E-state index contributed by atoms with van der Waals surface area (Å²) in [5.74, 6) is 9.83. The first-order valence-corrected chi connectivity index (χ1v) is 10.9. The van der Waals surface area contributed by atoms with Crippen molar-refractivity contribution >= 4 is 0 Å². The van der Waals surface area contributed by atoms with Crippen molar-refractivity contribution < 1.29 is 9.47 Å². The molecule has 0 aromatic rings. The van der Waals surface area contributed by atoms with Crippen LogP contribution in [0.5, 0.6) is 0 Å². The van der Waals surface area contributed by atoms with Gasteiger partial charge in [0.2, 0.25) is 0 Å². The van der Waals surface area contributed by atoms with E-state index in [9.17, 15) is 0 Å². The van der Waals surface area contributed by atoms with Crippen molar-refractivity contribution in [2.75, 3.05) is 13.2 Å². The maximum atomic E-state index is 6.62. The lowest BCUT2D eigenvalue weighted by Crippen LogP contribution is -2.50. The van der Waals surface area contributed by atoms with Crippen LogP contribution in [0.4, 0.5) is 0 Å². The normalized spacial score (nSPS) is 78.2. The van der Waals surface area contributed by atoms with Crippen LogP contribution in [0, 0.1) is 70.0 Å². The standard InChI is InChI=1S/C22H30O2/c1-21-7-23-11-6-4-10-13(11)19(21)16-15-17(21)9-3-5-12-14(9)20(15)22(2,8-24-12)18(10)16/h9-20H,3-8H2,1-2H3/t9-,10-,11-,12+,13+,14-,15-,16-,17+,18+,19-,20-,21+,22+/m1/s1. The van der Waals surface area contributed by atoms with Crippen molar-refractivity contribution in [1.82, 2.24) is 0 Å². The molecule has 2 nitrogen and oxygen atoms in total. The zero-order valence-corrected chi connectivity index (χ0v) is 15.0. The minimum absolute atomic E-state index is 0.506. The lowest BCUT2D eigenvalue weighted by Gasteiger charge is -2.49. The second-order valence-corrected chi connectivity index (χ2v) is 11.6. The third-order valence-corrected chi connectivity index (χ3v) is 11.5. The van der Waals surface area contributed by atoms with Crippen LogP contribution >= 0.6 is 0 Å². The van der Waals surface area contributed by atoms with Crippen LogP contribution in [0.2, 0.25) is 0 Å². The Morgan fingerprint density at radius 3 is 1.50 bits per heavy atom. The third-order valence-electron chi connectivity index (χ3n) is 11.5. The molecule has 2 aliphatic heterocycles. The van der Waals surface area contributed by atoms with Crippen molar-refractivity contribution in [3.63, 3.8) is 0 Å². The molecule has 8 aliphatic rings. The maximum absolute atomic E-state index is 6.62. The van der Waals surface area contributed by atoms with Gasteiger partial charge in [0.05, 0.1) is 25.4 Å². The van der Waals surface area contributed by atoms with Crippen LogP contribution < -0.4 is 0 Å². The van der Waals surface area contributed by atoms with Gasteiger partial charge in [0.25, 0.3) is 0 Å². The van der Waals surface area contributed by atoms with Crippen molar-refractivity contribution in [3.05, 3.63) is 0 Å². The van der Waals surface area contributed by atoms with E-state index < -0.39 is 0 Å². The predicted octanol–water partition coefficient (Wildman–Crippen LogP) is 3.60. The summed E-state index contributed by atoms with van der Waals surface area (Å²) in [6.45, 7) is 7.54. The van der Waals surface area contributed by atoms with Gasteiger partial charge in [-0.3, -0.25) is 0 Å². The Bertz CT molecular complexity index is 604. The molecule has 14 atom stereocenters. The molecule has 8 rings (SSSR count). The Kier molecular flexibility index (Phi) is 1.93. The molecule has 0 aromatic carbocycles. The van der Waals surface area contributed by atoms with Crippen LogP contribution in [0.3, 0.4) is 0 Å². The summed E-state index contributed by atoms with van der Waals surface area (Å²) in [7, 11) is 0. The van der Waals surface area contributed by atoms with Crippen molar-refractivity contribution in [2.45, 2.75) is 51.7 Å². The lowest BCUT2D eigenvalue weighted by molar-refractivity contribution is -0.143. The van der Waals surface area contributed by atoms with Crippen LogP contribution in [-0.2, 0) is 9.47 Å². The van der Waals surface area contributed by atoms with Gasteiger partial charge in [0.15, 0.2) is 0 Å². The number of hydrogen-bond donors (Lipinski definition) is 0. The van der Waals surface area contributed by atoms with Crippen LogP contribution in [0.25, 0.3) is 0 Å². The zero-order chi connectivity index (χ0) is 15.6. The summed E-state index contributed by atoms with van der Waals surface area (Å²) < 4.78 is 13.2. The Morgan fingerprint density at radius 1 is 0.583 bits per heavy atom. The van der Waals surface area contributed by atoms with Crippen LogP contribution in [0.1, 0.15) is 39.5 Å². The molecule has 2 heteroatoms. The van der Waals surface area contributed by atoms with Gasteiger partial charge >= 0.3 is 0 Å². The molecule has 0 spiro atoms. The minimum Gasteiger partial charge on any atom is -0.377 e. The van der Waals surface area contributed by atoms with E-state index in [1.807, 2.05) is 0 Å². The SMILES string of the molecule is C[C@@]12CO[C@@H]3CC[C@@H]4[C@@H]3[C@@H]1[C@@H]1[C@H]3[C@H]5[C@@H]6[C@@H](CC[C@@H]6OC[C@@]5(C)[C@@H]41)[C@@H]32. The summed E-state index contributed by atoms with van der Waals surface area (Å²) in [5, 5.41) is 0. The molecule has 6 saturated carbocycles. The highest BCUT2D eigenvalue weighted by Crippen LogP contribution is 2.86. The maximum Gasteiger partial charge on any atom is 0.0609 e. The number of ether oxygens (including phenoxy) is 2. The fourth-order valence-corrected chi connectivity index (χ4v) is 11.8. The van der Waals surface area contributed by atoms with Gasteiger partial charge in [-0.1, -0.05) is 13.8 Å². The van der Waals surface area contributed by atoms with Crippen molar-refractivity contribution in [2.24, 2.45) is 70.0 Å². The largest absolute Gasteiger partial charge is 0.377 e. The second-order valence-electron chi connectivity index (χ2n) is 11.6. The molecule has 6 aliphatic carbocycles. The Hall–Kier alpha value is -0.0800. The van der Waals surface area contributed by atoms with Crippen molar-refractivity contribution in [3.8, 4) is 0 Å². The fourth-order valence-electron chi connectivity index (χ4n) is 11.8. The number of fused-ring (bicyclic) bond motifs is 4. The first-order chi connectivity index (χ1) is 11.6. The van der Waals surface area contributed by atoms with E-state index in [4.69, 9.17) is 9.47 Å². The summed E-state index contributed by atoms with van der Waals surface area (Å²) in [5.41, 5.74) is 1.01. The Morgan fingerprint density at radius 2 is 1.04 bits per heavy atom. The van der Waals surface area contributed by atoms with E-state index in [-0.39, 0.29) is 0 Å². The average molecular weight is 326 g/mol. The molecule has 0 unspecified atom stereocenters. The minimum atomic E-state index is 0.506. The number of rotatable bonds is 0. The van der Waals surface area contributed by atoms with Gasteiger partial charge in [-0.2, -0.15) is 0 Å². The monoisotopic (exact) mass is 326 g/mol. The molecule has 0 aromatic heterocycles. The van der Waals surface area contributed by atoms with E-state index in [1.54, 1.807) is 0 Å². The second kappa shape index (κ2) is 3.52. The fraction of sp³-hybridized carbons (Fsp3) is 1.00. The highest BCUT2D eigenvalue weighted by molar-refractivity contribution is 5.31. The molecule has 8 fully saturated rings. The van der Waals surface area contributed by atoms with E-state index in [0.717, 1.165) is 72.4 Å². The van der Waals surface area contributed by atoms with E-state index in [0.29, 0.717) is 23.0 Å². The predicted molar refractivity (Wildman–Crippen MR) is 89.1 cm³/mol. The topological polar surface area (TPSA) is 18.5 Å². The molecule has 130 valence electrons. The Labute approximate surface area is 145 Å². The van der Waals surface area contributed by atoms with Gasteiger partial charge in [0, 0.05) is 0 Å². The first-order valence-electron chi connectivity index (χ1n) is 10.9. The van der Waals surface area contributed by atoms with Gasteiger partial charge in [-0.05, 0) is 95.7 Å². The Balaban J connectivity index is 1.43. The molecular weight excluding hydrogens is 296 g/mol. The van der Waals surface area contributed by atoms with Crippen LogP contribution in [0.15, 0.2) is 0 Å². The summed E-state index contributed by atoms with van der Waals surface area (Å²) in [6.07, 6.45) is 6.88. The van der Waals surface area contributed by atoms with Gasteiger partial charge in [-0.15, -0.1) is 0 Å². The molecule has 0 N–H and O–H groups in total. The quantitative estimate of drug-likeness (QED) is 0.677. The van der Waals surface area contributed by atoms with E-state index >= 15 is 0 Å². The zero-order valence-electron chi connectivity index (χ0n) is 15.0. The van der Waals surface area contributed by atoms with Gasteiger partial charge < -0.3 is 9.47 Å². The molecule has 2 saturated heterocycles. The lowest BCUT2D eigenvalue weighted by atomic mass is 9.62. The van der Waals surface area contributed by atoms with Gasteiger partial charge in [0.1, 0.15) is 0 Å². The molecule has 0 bridgehead atoms. The van der Waals surface area contributed by atoms with Crippen LogP contribution in [-0.4, -0.2) is 25.4 Å². The average Bonchev–Trinajstić information content (AvgIpc) is 3.30. The van der Waals surface area contributed by atoms with E-state index in [1.165, 1.54) is 25.7 Å². The van der Waals surface area contributed by atoms with E-state index in [2.05, 4.69) is 13.8 Å². The molecule has 24 heavy (non-hydrogen) atoms. The van der Waals surface area contributed by atoms with Crippen molar-refractivity contribution in [1.29, 1.82) is 0 Å². The molecular formula is C22H30O2. The molecule has 2 heterocycles. The smallest absolute Gasteiger partial charge is 0.0609 e. The van der Waals surface area contributed by atoms with Gasteiger partial charge in [-0.25, -0.2) is 0 Å². The highest BCUT2D eigenvalue weighted by Gasteiger charge is 2.84. The summed E-state index contributed by atoms with van der Waals surface area (Å²) in [6, 6.07) is 0.